The van der Waals surface area contributed by atoms with Crippen molar-refractivity contribution in [2.24, 2.45) is 0 Å². The number of rotatable bonds is 47. The fourth-order valence-electron chi connectivity index (χ4n) is 7.74. The summed E-state index contributed by atoms with van der Waals surface area (Å²) in [5, 5.41) is 0. The normalized spacial score (nSPS) is 11.8. The maximum Gasteiger partial charge on any atom is 0.306 e. The summed E-state index contributed by atoms with van der Waals surface area (Å²) in [6.07, 6.45) is 49.7. The highest BCUT2D eigenvalue weighted by Gasteiger charge is 2.19. The average Bonchev–Trinajstić information content (AvgIpc) is 3.21. The molecule has 0 aromatic rings. The molecule has 6 heteroatoms. The van der Waals surface area contributed by atoms with Crippen LogP contribution in [0.25, 0.3) is 0 Å². The fraction of sp³-hybridized carbons (Fsp3) is 0.941. The Hall–Kier alpha value is -1.59. The predicted octanol–water partition coefficient (Wildman–Crippen LogP) is 16.4. The smallest absolute Gasteiger partial charge is 0.306 e. The SMILES string of the molecule is CCCCCCCCCCCCCCCCCCCCC(=O)OCC(COC(=O)CCCCCCCC)OC(=O)CCCCCCCCCCCCCCCCC. The van der Waals surface area contributed by atoms with Gasteiger partial charge in [-0.1, -0.05) is 252 Å². The Labute approximate surface area is 355 Å². The molecular formula is C51H98O6. The lowest BCUT2D eigenvalue weighted by atomic mass is 10.0. The molecule has 0 spiro atoms. The summed E-state index contributed by atoms with van der Waals surface area (Å²) < 4.78 is 16.7. The molecule has 0 aliphatic rings. The minimum absolute atomic E-state index is 0.0627. The van der Waals surface area contributed by atoms with Crippen LogP contribution in [0.1, 0.15) is 290 Å². The first kappa shape index (κ1) is 55.4. The van der Waals surface area contributed by atoms with Gasteiger partial charge in [-0.3, -0.25) is 14.4 Å². The van der Waals surface area contributed by atoms with E-state index in [1.165, 1.54) is 193 Å². The molecule has 57 heavy (non-hydrogen) atoms. The molecular weight excluding hydrogens is 709 g/mol. The maximum absolute atomic E-state index is 12.7. The average molecular weight is 807 g/mol. The quantitative estimate of drug-likeness (QED) is 0.0346. The van der Waals surface area contributed by atoms with E-state index in [9.17, 15) is 14.4 Å². The van der Waals surface area contributed by atoms with E-state index in [4.69, 9.17) is 14.2 Å². The minimum atomic E-state index is -0.758. The van der Waals surface area contributed by atoms with E-state index in [-0.39, 0.29) is 31.1 Å². The third-order valence-corrected chi connectivity index (χ3v) is 11.6. The lowest BCUT2D eigenvalue weighted by Crippen LogP contribution is -2.30. The Morgan fingerprint density at radius 2 is 0.474 bits per heavy atom. The van der Waals surface area contributed by atoms with Gasteiger partial charge in [-0.15, -0.1) is 0 Å². The van der Waals surface area contributed by atoms with Crippen LogP contribution in [0.15, 0.2) is 0 Å². The first-order valence-corrected chi connectivity index (χ1v) is 25.5. The van der Waals surface area contributed by atoms with Crippen LogP contribution in [0.3, 0.4) is 0 Å². The Morgan fingerprint density at radius 1 is 0.281 bits per heavy atom. The summed E-state index contributed by atoms with van der Waals surface area (Å²) in [5.41, 5.74) is 0. The molecule has 0 bridgehead atoms. The van der Waals surface area contributed by atoms with Crippen molar-refractivity contribution in [2.45, 2.75) is 297 Å². The van der Waals surface area contributed by atoms with Crippen molar-refractivity contribution >= 4 is 17.9 Å². The van der Waals surface area contributed by atoms with Crippen molar-refractivity contribution in [2.75, 3.05) is 13.2 Å². The highest BCUT2D eigenvalue weighted by molar-refractivity contribution is 5.71. The number of unbranched alkanes of at least 4 members (excludes halogenated alkanes) is 36. The van der Waals surface area contributed by atoms with E-state index in [2.05, 4.69) is 20.8 Å². The number of carbonyl (C=O) groups excluding carboxylic acids is 3. The van der Waals surface area contributed by atoms with Gasteiger partial charge in [0.2, 0.25) is 0 Å². The van der Waals surface area contributed by atoms with E-state index in [1.807, 2.05) is 0 Å². The van der Waals surface area contributed by atoms with Crippen LogP contribution in [0.4, 0.5) is 0 Å². The number of esters is 3. The van der Waals surface area contributed by atoms with Crippen LogP contribution in [0.5, 0.6) is 0 Å². The van der Waals surface area contributed by atoms with E-state index in [0.29, 0.717) is 19.3 Å². The lowest BCUT2D eigenvalue weighted by Gasteiger charge is -2.18. The Morgan fingerprint density at radius 3 is 0.702 bits per heavy atom. The van der Waals surface area contributed by atoms with Gasteiger partial charge < -0.3 is 14.2 Å². The third kappa shape index (κ3) is 45.3. The topological polar surface area (TPSA) is 78.9 Å². The van der Waals surface area contributed by atoms with Gasteiger partial charge in [-0.2, -0.15) is 0 Å². The summed E-state index contributed by atoms with van der Waals surface area (Å²) in [5.74, 6) is -0.853. The van der Waals surface area contributed by atoms with Crippen molar-refractivity contribution in [3.63, 3.8) is 0 Å². The summed E-state index contributed by atoms with van der Waals surface area (Å²) in [7, 11) is 0. The van der Waals surface area contributed by atoms with Crippen LogP contribution in [0.2, 0.25) is 0 Å². The van der Waals surface area contributed by atoms with E-state index in [0.717, 1.165) is 57.8 Å². The number of ether oxygens (including phenoxy) is 3. The molecule has 0 aromatic carbocycles. The summed E-state index contributed by atoms with van der Waals surface area (Å²) in [6, 6.07) is 0. The molecule has 0 heterocycles. The molecule has 1 atom stereocenters. The molecule has 0 radical (unpaired) electrons. The van der Waals surface area contributed by atoms with Gasteiger partial charge in [0.05, 0.1) is 0 Å². The van der Waals surface area contributed by atoms with Crippen molar-refractivity contribution in [3.05, 3.63) is 0 Å². The molecule has 338 valence electrons. The molecule has 0 aromatic heterocycles. The molecule has 0 amide bonds. The van der Waals surface area contributed by atoms with Crippen molar-refractivity contribution < 1.29 is 28.6 Å². The summed E-state index contributed by atoms with van der Waals surface area (Å²) >= 11 is 0. The van der Waals surface area contributed by atoms with E-state index < -0.39 is 6.10 Å². The van der Waals surface area contributed by atoms with Crippen LogP contribution >= 0.6 is 0 Å². The van der Waals surface area contributed by atoms with Crippen molar-refractivity contribution in [1.82, 2.24) is 0 Å². The summed E-state index contributed by atoms with van der Waals surface area (Å²) in [6.45, 7) is 6.62. The van der Waals surface area contributed by atoms with Crippen LogP contribution in [0, 0.1) is 0 Å². The second kappa shape index (κ2) is 47.1. The molecule has 0 saturated heterocycles. The van der Waals surface area contributed by atoms with Gasteiger partial charge in [-0.05, 0) is 19.3 Å². The third-order valence-electron chi connectivity index (χ3n) is 11.6. The zero-order chi connectivity index (χ0) is 41.5. The lowest BCUT2D eigenvalue weighted by molar-refractivity contribution is -0.167. The molecule has 0 rings (SSSR count). The maximum atomic E-state index is 12.7. The molecule has 1 unspecified atom stereocenters. The fourth-order valence-corrected chi connectivity index (χ4v) is 7.74. The largest absolute Gasteiger partial charge is 0.462 e. The second-order valence-electron chi connectivity index (χ2n) is 17.5. The highest BCUT2D eigenvalue weighted by atomic mass is 16.6. The van der Waals surface area contributed by atoms with Crippen molar-refractivity contribution in [3.8, 4) is 0 Å². The van der Waals surface area contributed by atoms with Gasteiger partial charge >= 0.3 is 17.9 Å². The van der Waals surface area contributed by atoms with Gasteiger partial charge in [0.15, 0.2) is 6.10 Å². The number of hydrogen-bond donors (Lipinski definition) is 0. The molecule has 0 aliphatic carbocycles. The predicted molar refractivity (Wildman–Crippen MR) is 243 cm³/mol. The Balaban J connectivity index is 4.14. The molecule has 0 saturated carbocycles. The Kier molecular flexibility index (Phi) is 45.8. The molecule has 0 aliphatic heterocycles. The molecule has 0 fully saturated rings. The van der Waals surface area contributed by atoms with Crippen LogP contribution in [-0.2, 0) is 28.6 Å². The standard InChI is InChI=1S/C51H98O6/c1-4-7-10-13-16-18-20-22-24-25-26-28-29-31-33-35-38-41-44-50(53)56-47-48(46-55-49(52)43-40-37-15-12-9-6-3)57-51(54)45-42-39-36-34-32-30-27-23-21-19-17-14-11-8-5-2/h48H,4-47H2,1-3H3. The van der Waals surface area contributed by atoms with Gasteiger partial charge in [0, 0.05) is 19.3 Å². The van der Waals surface area contributed by atoms with Crippen molar-refractivity contribution in [1.29, 1.82) is 0 Å². The number of hydrogen-bond acceptors (Lipinski definition) is 6. The monoisotopic (exact) mass is 807 g/mol. The van der Waals surface area contributed by atoms with E-state index >= 15 is 0 Å². The molecule has 0 N–H and O–H groups in total. The zero-order valence-corrected chi connectivity index (χ0v) is 38.6. The zero-order valence-electron chi connectivity index (χ0n) is 38.6. The van der Waals surface area contributed by atoms with Gasteiger partial charge in [0.25, 0.3) is 0 Å². The second-order valence-corrected chi connectivity index (χ2v) is 17.5. The first-order chi connectivity index (χ1) is 28.0. The first-order valence-electron chi connectivity index (χ1n) is 25.5. The van der Waals surface area contributed by atoms with Gasteiger partial charge in [-0.25, -0.2) is 0 Å². The Bertz CT molecular complexity index is 844. The number of carbonyl (C=O) groups is 3. The van der Waals surface area contributed by atoms with E-state index in [1.54, 1.807) is 0 Å². The van der Waals surface area contributed by atoms with Crippen LogP contribution in [-0.4, -0.2) is 37.2 Å². The summed E-state index contributed by atoms with van der Waals surface area (Å²) in [4.78, 5) is 37.7. The molecule has 6 nitrogen and oxygen atoms in total. The minimum Gasteiger partial charge on any atom is -0.462 e. The highest BCUT2D eigenvalue weighted by Crippen LogP contribution is 2.17. The van der Waals surface area contributed by atoms with Crippen LogP contribution < -0.4 is 0 Å². The van der Waals surface area contributed by atoms with Gasteiger partial charge in [0.1, 0.15) is 13.2 Å².